The molecule has 0 aliphatic rings. The van der Waals surface area contributed by atoms with Gasteiger partial charge in [0.05, 0.1) is 7.11 Å². The van der Waals surface area contributed by atoms with E-state index < -0.39 is 0 Å². The topological polar surface area (TPSA) is 39.9 Å². The number of ether oxygens (including phenoxy) is 1. The average Bonchev–Trinajstić information content (AvgIpc) is 2.14. The van der Waals surface area contributed by atoms with Crippen molar-refractivity contribution in [2.24, 2.45) is 7.05 Å². The maximum atomic E-state index is 4.69. The van der Waals surface area contributed by atoms with Crippen molar-refractivity contribution >= 4 is 0 Å². The Morgan fingerprint density at radius 3 is 2.75 bits per heavy atom. The number of aryl methyl sites for hydroxylation is 1. The van der Waals surface area contributed by atoms with Gasteiger partial charge in [-0.15, -0.1) is 10.2 Å². The molecule has 0 unspecified atom stereocenters. The predicted molar refractivity (Wildman–Crippen MR) is 26.4 cm³/mol. The molecule has 0 N–H and O–H groups in total. The van der Waals surface area contributed by atoms with Crippen molar-refractivity contribution in [3.8, 4) is 5.88 Å². The van der Waals surface area contributed by atoms with Crippen molar-refractivity contribution in [3.63, 3.8) is 0 Å². The first-order valence-corrected chi connectivity index (χ1v) is 2.16. The fourth-order valence-corrected chi connectivity index (χ4v) is 0.378. The van der Waals surface area contributed by atoms with E-state index in [4.69, 9.17) is 0 Å². The minimum atomic E-state index is 0.424. The van der Waals surface area contributed by atoms with E-state index in [1.54, 1.807) is 7.05 Å². The fraction of sp³-hybridized carbons (Fsp3) is 0.500. The Morgan fingerprint density at radius 2 is 2.50 bits per heavy atom. The summed E-state index contributed by atoms with van der Waals surface area (Å²) in [4.78, 5) is 1.39. The number of hydrogen-bond donors (Lipinski definition) is 0. The molecule has 0 bridgehead atoms. The highest BCUT2D eigenvalue weighted by atomic mass is 16.5. The van der Waals surface area contributed by atoms with Crippen LogP contribution in [0.25, 0.3) is 0 Å². The highest BCUT2D eigenvalue weighted by molar-refractivity contribution is 4.94. The summed E-state index contributed by atoms with van der Waals surface area (Å²) in [6, 6.07) is 0. The van der Waals surface area contributed by atoms with Gasteiger partial charge in [-0.05, 0) is 0 Å². The molecule has 1 heterocycles. The molecule has 4 heteroatoms. The first-order chi connectivity index (χ1) is 3.83. The van der Waals surface area contributed by atoms with Crippen LogP contribution in [0.1, 0.15) is 0 Å². The molecule has 1 rings (SSSR count). The van der Waals surface area contributed by atoms with Gasteiger partial charge in [-0.2, -0.15) is 4.80 Å². The molecule has 0 amide bonds. The SMILES string of the molecule is COc1[c]nn(C)n1. The third-order valence-electron chi connectivity index (χ3n) is 0.719. The lowest BCUT2D eigenvalue weighted by molar-refractivity contribution is 0.391. The third kappa shape index (κ3) is 0.776. The summed E-state index contributed by atoms with van der Waals surface area (Å²) in [5.74, 6) is 0.424. The number of rotatable bonds is 1. The number of nitrogens with zero attached hydrogens (tertiary/aromatic N) is 3. The van der Waals surface area contributed by atoms with Crippen LogP contribution in [-0.2, 0) is 7.05 Å². The van der Waals surface area contributed by atoms with Crippen LogP contribution >= 0.6 is 0 Å². The fourth-order valence-electron chi connectivity index (χ4n) is 0.378. The standard InChI is InChI=1S/C4H6N3O/c1-7-5-3-4(6-7)8-2/h1-2H3. The van der Waals surface area contributed by atoms with E-state index in [1.807, 2.05) is 0 Å². The summed E-state index contributed by atoms with van der Waals surface area (Å²) in [5, 5.41) is 7.40. The molecular formula is C4H6N3O. The molecule has 1 aromatic heterocycles. The van der Waals surface area contributed by atoms with Gasteiger partial charge < -0.3 is 4.74 Å². The zero-order valence-corrected chi connectivity index (χ0v) is 4.75. The van der Waals surface area contributed by atoms with Crippen LogP contribution in [0.3, 0.4) is 0 Å². The van der Waals surface area contributed by atoms with E-state index in [1.165, 1.54) is 11.9 Å². The maximum Gasteiger partial charge on any atom is 0.263 e. The third-order valence-corrected chi connectivity index (χ3v) is 0.719. The van der Waals surface area contributed by atoms with Gasteiger partial charge >= 0.3 is 0 Å². The normalized spacial score (nSPS) is 9.25. The zero-order chi connectivity index (χ0) is 5.98. The molecule has 0 spiro atoms. The second-order valence-corrected chi connectivity index (χ2v) is 1.31. The molecule has 0 fully saturated rings. The second-order valence-electron chi connectivity index (χ2n) is 1.31. The smallest absolute Gasteiger partial charge is 0.263 e. The van der Waals surface area contributed by atoms with E-state index in [-0.39, 0.29) is 0 Å². The van der Waals surface area contributed by atoms with E-state index in [0.29, 0.717) is 5.88 Å². The number of aromatic nitrogens is 3. The summed E-state index contributed by atoms with van der Waals surface area (Å²) in [7, 11) is 3.24. The lowest BCUT2D eigenvalue weighted by Gasteiger charge is -1.84. The van der Waals surface area contributed by atoms with E-state index in [9.17, 15) is 0 Å². The average molecular weight is 112 g/mol. The quantitative estimate of drug-likeness (QED) is 0.497. The zero-order valence-electron chi connectivity index (χ0n) is 4.75. The molecule has 4 nitrogen and oxygen atoms in total. The van der Waals surface area contributed by atoms with Crippen molar-refractivity contribution in [1.82, 2.24) is 15.0 Å². The lowest BCUT2D eigenvalue weighted by atomic mass is 10.9. The Morgan fingerprint density at radius 1 is 1.75 bits per heavy atom. The molecule has 0 aromatic carbocycles. The summed E-state index contributed by atoms with van der Waals surface area (Å²) in [5.41, 5.74) is 0. The van der Waals surface area contributed by atoms with Gasteiger partial charge in [0.15, 0.2) is 6.20 Å². The molecule has 8 heavy (non-hydrogen) atoms. The highest BCUT2D eigenvalue weighted by Gasteiger charge is 1.92. The van der Waals surface area contributed by atoms with Crippen LogP contribution in [0.2, 0.25) is 0 Å². The van der Waals surface area contributed by atoms with Gasteiger partial charge in [-0.3, -0.25) is 0 Å². The lowest BCUT2D eigenvalue weighted by Crippen LogP contribution is -1.91. The van der Waals surface area contributed by atoms with Gasteiger partial charge in [0.25, 0.3) is 5.88 Å². The van der Waals surface area contributed by atoms with Crippen molar-refractivity contribution in [2.75, 3.05) is 7.11 Å². The van der Waals surface area contributed by atoms with Crippen molar-refractivity contribution < 1.29 is 4.74 Å². The van der Waals surface area contributed by atoms with Crippen LogP contribution < -0.4 is 4.74 Å². The molecule has 0 saturated carbocycles. The second kappa shape index (κ2) is 1.81. The van der Waals surface area contributed by atoms with E-state index in [2.05, 4.69) is 21.1 Å². The summed E-state index contributed by atoms with van der Waals surface area (Å²) < 4.78 is 4.69. The van der Waals surface area contributed by atoms with Crippen molar-refractivity contribution in [1.29, 1.82) is 0 Å². The van der Waals surface area contributed by atoms with Gasteiger partial charge in [0, 0.05) is 7.05 Å². The molecule has 43 valence electrons. The maximum absolute atomic E-state index is 4.69. The number of hydrogen-bond acceptors (Lipinski definition) is 3. The van der Waals surface area contributed by atoms with Crippen LogP contribution in [0.4, 0.5) is 0 Å². The van der Waals surface area contributed by atoms with Crippen LogP contribution in [-0.4, -0.2) is 22.1 Å². The van der Waals surface area contributed by atoms with E-state index >= 15 is 0 Å². The summed E-state index contributed by atoms with van der Waals surface area (Å²) in [6.07, 6.45) is 2.53. The molecule has 0 saturated heterocycles. The predicted octanol–water partition coefficient (Wildman–Crippen LogP) is -0.376. The van der Waals surface area contributed by atoms with E-state index in [0.717, 1.165) is 0 Å². The van der Waals surface area contributed by atoms with Crippen molar-refractivity contribution in [3.05, 3.63) is 6.20 Å². The molecule has 0 aliphatic carbocycles. The Kier molecular flexibility index (Phi) is 1.15. The monoisotopic (exact) mass is 112 g/mol. The first-order valence-electron chi connectivity index (χ1n) is 2.16. The van der Waals surface area contributed by atoms with Crippen LogP contribution in [0, 0.1) is 6.20 Å². The van der Waals surface area contributed by atoms with Gasteiger partial charge in [0.2, 0.25) is 0 Å². The summed E-state index contributed by atoms with van der Waals surface area (Å²) in [6.45, 7) is 0. The van der Waals surface area contributed by atoms with Gasteiger partial charge in [-0.25, -0.2) is 0 Å². The Labute approximate surface area is 47.1 Å². The minimum Gasteiger partial charge on any atom is -0.478 e. The van der Waals surface area contributed by atoms with Crippen LogP contribution in [0.15, 0.2) is 0 Å². The number of methoxy groups -OCH3 is 1. The Balaban J connectivity index is 2.84. The van der Waals surface area contributed by atoms with Crippen molar-refractivity contribution in [2.45, 2.75) is 0 Å². The molecular weight excluding hydrogens is 106 g/mol. The Bertz CT molecular complexity index is 172. The highest BCUT2D eigenvalue weighted by Crippen LogP contribution is 1.96. The largest absolute Gasteiger partial charge is 0.478 e. The first kappa shape index (κ1) is 5.08. The molecule has 1 aromatic rings. The van der Waals surface area contributed by atoms with Crippen LogP contribution in [0.5, 0.6) is 5.88 Å². The summed E-state index contributed by atoms with van der Waals surface area (Å²) >= 11 is 0. The Hall–Kier alpha value is -1.06. The molecule has 0 atom stereocenters. The molecule has 0 aliphatic heterocycles. The van der Waals surface area contributed by atoms with Gasteiger partial charge in [-0.1, -0.05) is 0 Å². The minimum absolute atomic E-state index is 0.424. The van der Waals surface area contributed by atoms with Gasteiger partial charge in [0.1, 0.15) is 0 Å². The molecule has 1 radical (unpaired) electrons.